The Bertz CT molecular complexity index is 345. The normalized spacial score (nSPS) is 26.4. The molecule has 0 radical (unpaired) electrons. The molecule has 0 aromatic carbocycles. The Hall–Kier alpha value is -1.03. The van der Waals surface area contributed by atoms with Crippen molar-refractivity contribution >= 4 is 5.69 Å². The molecule has 2 atom stereocenters. The third-order valence-corrected chi connectivity index (χ3v) is 3.34. The summed E-state index contributed by atoms with van der Waals surface area (Å²) in [6, 6.07) is 1.12. The molecular formula is C12H22N4. The van der Waals surface area contributed by atoms with Gasteiger partial charge in [0.05, 0.1) is 11.9 Å². The zero-order valence-electron chi connectivity index (χ0n) is 10.6. The molecule has 1 aromatic heterocycles. The van der Waals surface area contributed by atoms with Gasteiger partial charge in [-0.3, -0.25) is 4.68 Å². The van der Waals surface area contributed by atoms with Gasteiger partial charge in [-0.1, -0.05) is 13.8 Å². The molecule has 0 saturated carbocycles. The first-order valence-electron chi connectivity index (χ1n) is 6.06. The Balaban J connectivity index is 2.20. The van der Waals surface area contributed by atoms with Crippen LogP contribution in [0.2, 0.25) is 0 Å². The van der Waals surface area contributed by atoms with Crippen LogP contribution in [-0.4, -0.2) is 35.0 Å². The van der Waals surface area contributed by atoms with Crippen LogP contribution in [0.15, 0.2) is 12.4 Å². The second kappa shape index (κ2) is 4.45. The van der Waals surface area contributed by atoms with Gasteiger partial charge in [0.1, 0.15) is 0 Å². The van der Waals surface area contributed by atoms with Crippen LogP contribution >= 0.6 is 0 Å². The zero-order chi connectivity index (χ0) is 11.7. The molecule has 0 spiro atoms. The van der Waals surface area contributed by atoms with Crippen molar-refractivity contribution in [2.24, 2.45) is 13.0 Å². The van der Waals surface area contributed by atoms with Crippen molar-refractivity contribution in [3.63, 3.8) is 0 Å². The summed E-state index contributed by atoms with van der Waals surface area (Å²) >= 11 is 0. The van der Waals surface area contributed by atoms with Crippen molar-refractivity contribution in [2.45, 2.75) is 32.9 Å². The number of nitrogens with zero attached hydrogens (tertiary/aromatic N) is 3. The Kier molecular flexibility index (Phi) is 3.19. The molecule has 1 saturated heterocycles. The van der Waals surface area contributed by atoms with Gasteiger partial charge in [-0.25, -0.2) is 0 Å². The average Bonchev–Trinajstić information content (AvgIpc) is 2.64. The fraction of sp³-hybridized carbons (Fsp3) is 0.750. The maximum atomic E-state index is 4.27. The van der Waals surface area contributed by atoms with Crippen molar-refractivity contribution in [1.29, 1.82) is 0 Å². The van der Waals surface area contributed by atoms with Gasteiger partial charge in [0, 0.05) is 38.4 Å². The molecule has 1 N–H and O–H groups in total. The summed E-state index contributed by atoms with van der Waals surface area (Å²) in [5.74, 6) is 0.653. The molecule has 0 bridgehead atoms. The molecule has 1 aromatic rings. The third kappa shape index (κ3) is 2.21. The molecular weight excluding hydrogens is 200 g/mol. The quantitative estimate of drug-likeness (QED) is 0.817. The van der Waals surface area contributed by atoms with E-state index in [0.717, 1.165) is 13.1 Å². The minimum absolute atomic E-state index is 0.551. The molecule has 1 fully saturated rings. The maximum absolute atomic E-state index is 4.27. The molecule has 1 aliphatic heterocycles. The van der Waals surface area contributed by atoms with E-state index in [1.807, 2.05) is 17.9 Å². The lowest BCUT2D eigenvalue weighted by Crippen LogP contribution is -2.57. The molecule has 16 heavy (non-hydrogen) atoms. The van der Waals surface area contributed by atoms with Gasteiger partial charge >= 0.3 is 0 Å². The predicted molar refractivity (Wildman–Crippen MR) is 66.6 cm³/mol. The van der Waals surface area contributed by atoms with Gasteiger partial charge in [-0.15, -0.1) is 0 Å². The summed E-state index contributed by atoms with van der Waals surface area (Å²) in [5, 5.41) is 7.82. The van der Waals surface area contributed by atoms with E-state index < -0.39 is 0 Å². The van der Waals surface area contributed by atoms with Gasteiger partial charge in [-0.05, 0) is 12.8 Å². The van der Waals surface area contributed by atoms with Gasteiger partial charge in [0.2, 0.25) is 0 Å². The number of hydrogen-bond donors (Lipinski definition) is 1. The van der Waals surface area contributed by atoms with Crippen molar-refractivity contribution in [3.8, 4) is 0 Å². The van der Waals surface area contributed by atoms with Gasteiger partial charge < -0.3 is 10.2 Å². The number of aromatic nitrogens is 2. The lowest BCUT2D eigenvalue weighted by molar-refractivity contribution is 0.349. The van der Waals surface area contributed by atoms with Gasteiger partial charge in [0.25, 0.3) is 0 Å². The van der Waals surface area contributed by atoms with Crippen LogP contribution < -0.4 is 10.2 Å². The monoisotopic (exact) mass is 222 g/mol. The Morgan fingerprint density at radius 3 is 2.81 bits per heavy atom. The highest BCUT2D eigenvalue weighted by Gasteiger charge is 2.28. The largest absolute Gasteiger partial charge is 0.363 e. The first-order valence-corrected chi connectivity index (χ1v) is 6.06. The lowest BCUT2D eigenvalue weighted by atomic mass is 9.98. The fourth-order valence-corrected chi connectivity index (χ4v) is 2.38. The van der Waals surface area contributed by atoms with E-state index in [1.54, 1.807) is 0 Å². The van der Waals surface area contributed by atoms with Crippen LogP contribution in [-0.2, 0) is 7.05 Å². The van der Waals surface area contributed by atoms with Crippen LogP contribution in [0.4, 0.5) is 5.69 Å². The Morgan fingerprint density at radius 1 is 1.50 bits per heavy atom. The molecule has 4 nitrogen and oxygen atoms in total. The van der Waals surface area contributed by atoms with E-state index in [-0.39, 0.29) is 0 Å². The SMILES string of the molecule is CC1CN(c2cnn(C)c2)C(C(C)C)CN1. The molecule has 2 rings (SSSR count). The van der Waals surface area contributed by atoms with Gasteiger partial charge in [-0.2, -0.15) is 5.10 Å². The van der Waals surface area contributed by atoms with E-state index in [9.17, 15) is 0 Å². The first-order chi connectivity index (χ1) is 7.58. The van der Waals surface area contributed by atoms with Crippen LogP contribution in [0.3, 0.4) is 0 Å². The van der Waals surface area contributed by atoms with Crippen molar-refractivity contribution in [2.75, 3.05) is 18.0 Å². The van der Waals surface area contributed by atoms with Crippen LogP contribution in [0.1, 0.15) is 20.8 Å². The summed E-state index contributed by atoms with van der Waals surface area (Å²) < 4.78 is 1.87. The minimum atomic E-state index is 0.551. The first kappa shape index (κ1) is 11.5. The highest BCUT2D eigenvalue weighted by molar-refractivity contribution is 5.44. The number of hydrogen-bond acceptors (Lipinski definition) is 3. The van der Waals surface area contributed by atoms with E-state index in [4.69, 9.17) is 0 Å². The number of rotatable bonds is 2. The molecule has 2 heterocycles. The van der Waals surface area contributed by atoms with Crippen molar-refractivity contribution < 1.29 is 0 Å². The van der Waals surface area contributed by atoms with Crippen molar-refractivity contribution in [1.82, 2.24) is 15.1 Å². The number of anilines is 1. The third-order valence-electron chi connectivity index (χ3n) is 3.34. The van der Waals surface area contributed by atoms with E-state index in [2.05, 4.69) is 42.3 Å². The second-order valence-corrected chi connectivity index (χ2v) is 5.15. The Morgan fingerprint density at radius 2 is 2.25 bits per heavy atom. The van der Waals surface area contributed by atoms with E-state index in [1.165, 1.54) is 5.69 Å². The van der Waals surface area contributed by atoms with Crippen molar-refractivity contribution in [3.05, 3.63) is 12.4 Å². The number of piperazine rings is 1. The predicted octanol–water partition coefficient (Wildman–Crippen LogP) is 1.24. The highest BCUT2D eigenvalue weighted by atomic mass is 15.3. The molecule has 1 aliphatic rings. The smallest absolute Gasteiger partial charge is 0.0755 e. The summed E-state index contributed by atoms with van der Waals surface area (Å²) in [6.45, 7) is 8.93. The van der Waals surface area contributed by atoms with Crippen LogP contribution in [0.25, 0.3) is 0 Å². The fourth-order valence-electron chi connectivity index (χ4n) is 2.38. The Labute approximate surface area is 97.6 Å². The van der Waals surface area contributed by atoms with E-state index in [0.29, 0.717) is 18.0 Å². The standard InChI is InChI=1S/C12H22N4/c1-9(2)12-6-13-10(3)7-16(12)11-5-14-15(4)8-11/h5,8-10,12-13H,6-7H2,1-4H3. The van der Waals surface area contributed by atoms with E-state index >= 15 is 0 Å². The van der Waals surface area contributed by atoms with Gasteiger partial charge in [0.15, 0.2) is 0 Å². The summed E-state index contributed by atoms with van der Waals surface area (Å²) in [4.78, 5) is 2.48. The summed E-state index contributed by atoms with van der Waals surface area (Å²) in [5.41, 5.74) is 1.24. The highest BCUT2D eigenvalue weighted by Crippen LogP contribution is 2.22. The lowest BCUT2D eigenvalue weighted by Gasteiger charge is -2.42. The molecule has 2 unspecified atom stereocenters. The zero-order valence-corrected chi connectivity index (χ0v) is 10.6. The van der Waals surface area contributed by atoms with Crippen LogP contribution in [0.5, 0.6) is 0 Å². The molecule has 90 valence electrons. The molecule has 0 amide bonds. The number of aryl methyl sites for hydroxylation is 1. The summed E-state index contributed by atoms with van der Waals surface area (Å²) in [6.07, 6.45) is 4.07. The van der Waals surface area contributed by atoms with Crippen LogP contribution in [0, 0.1) is 5.92 Å². The summed E-state index contributed by atoms with van der Waals surface area (Å²) in [7, 11) is 1.97. The minimum Gasteiger partial charge on any atom is -0.363 e. The maximum Gasteiger partial charge on any atom is 0.0755 e. The second-order valence-electron chi connectivity index (χ2n) is 5.15. The topological polar surface area (TPSA) is 33.1 Å². The average molecular weight is 222 g/mol. The molecule has 4 heteroatoms. The molecule has 0 aliphatic carbocycles. The number of nitrogens with one attached hydrogen (secondary N) is 1.